The fourth-order valence-electron chi connectivity index (χ4n) is 0. The van der Waals surface area contributed by atoms with Crippen molar-refractivity contribution in [3.05, 3.63) is 0 Å². The number of hydrogen-bond acceptors (Lipinski definition) is 0. The molecular formula is C2H3Bi4. The van der Waals surface area contributed by atoms with Crippen molar-refractivity contribution in [1.82, 2.24) is 0 Å². The van der Waals surface area contributed by atoms with Gasteiger partial charge in [0.2, 0.25) is 0 Å². The van der Waals surface area contributed by atoms with E-state index in [-0.39, 0.29) is 0 Å². The molecule has 31 valence electrons. The van der Waals surface area contributed by atoms with Crippen LogP contribution in [0.2, 0.25) is 0 Å². The Kier molecular flexibility index (Phi) is 22.7. The molecule has 0 aliphatic rings. The van der Waals surface area contributed by atoms with Gasteiger partial charge in [0.1, 0.15) is 0 Å². The maximum atomic E-state index is 2.18. The first-order valence-electron chi connectivity index (χ1n) is 1.15. The van der Waals surface area contributed by atoms with E-state index in [1.165, 1.54) is 49.0 Å². The normalized spacial score (nSPS) is 5.00. The van der Waals surface area contributed by atoms with E-state index in [4.69, 9.17) is 0 Å². The van der Waals surface area contributed by atoms with Crippen molar-refractivity contribution in [1.29, 1.82) is 0 Å². The van der Waals surface area contributed by atoms with Crippen molar-refractivity contribution in [3.63, 3.8) is 0 Å². The summed E-state index contributed by atoms with van der Waals surface area (Å²) in [6.07, 6.45) is 0. The molecule has 0 aromatic heterocycles. The monoisotopic (exact) mass is 863 g/mol. The predicted molar refractivity (Wildman–Crippen MR) is 33.7 cm³/mol. The van der Waals surface area contributed by atoms with Crippen LogP contribution in [0, 0.1) is 0 Å². The molecule has 0 aromatic carbocycles. The zero-order valence-electron chi connectivity index (χ0n) is 3.29. The Morgan fingerprint density at radius 3 is 1.33 bits per heavy atom. The van der Waals surface area contributed by atoms with Crippen LogP contribution in [-0.4, -0.2) is 88.4 Å². The zero-order chi connectivity index (χ0) is 5.58. The Bertz CT molecular complexity index is 36.8. The van der Waals surface area contributed by atoms with Crippen molar-refractivity contribution < 1.29 is 0 Å². The average Bonchev–Trinajstić information content (AvgIpc) is 1.41. The Hall–Kier alpha value is 3.40. The average molecular weight is 863 g/mol. The topological polar surface area (TPSA) is 0 Å². The van der Waals surface area contributed by atoms with Crippen molar-refractivity contribution in [3.8, 4) is 0 Å². The predicted octanol–water partition coefficient (Wildman–Crippen LogP) is -1.29. The maximum absolute atomic E-state index is 2.18. The fourth-order valence-corrected chi connectivity index (χ4v) is 0. The van der Waals surface area contributed by atoms with Crippen LogP contribution in [-0.2, 0) is 0 Å². The second-order valence-corrected chi connectivity index (χ2v) is 11.6. The summed E-state index contributed by atoms with van der Waals surface area (Å²) in [6, 6.07) is 0. The molecule has 0 N–H and O–H groups in total. The summed E-state index contributed by atoms with van der Waals surface area (Å²) < 4.78 is 1.64. The molecule has 0 saturated carbocycles. The van der Waals surface area contributed by atoms with Crippen LogP contribution in [0.1, 0.15) is 6.92 Å². The van der Waals surface area contributed by atoms with Gasteiger partial charge in [0, 0.05) is 0 Å². The quantitative estimate of drug-likeness (QED) is 0.267. The molecule has 0 aromatic rings. The Morgan fingerprint density at radius 2 is 1.33 bits per heavy atom. The third kappa shape index (κ3) is 26.2. The molecule has 5 radical (unpaired) electrons. The van der Waals surface area contributed by atoms with Gasteiger partial charge in [-0.05, 0) is 0 Å². The second-order valence-electron chi connectivity index (χ2n) is 0.547. The molecule has 6 heavy (non-hydrogen) atoms. The van der Waals surface area contributed by atoms with Crippen molar-refractivity contribution in [2.24, 2.45) is 0 Å². The molecule has 0 rings (SSSR count). The van der Waals surface area contributed by atoms with Crippen molar-refractivity contribution in [2.45, 2.75) is 6.92 Å². The van der Waals surface area contributed by atoms with Crippen LogP contribution >= 0.6 is 0 Å². The molecule has 0 saturated heterocycles. The van der Waals surface area contributed by atoms with E-state index in [0.29, 0.717) is 0 Å². The van der Waals surface area contributed by atoms with E-state index >= 15 is 0 Å². The summed E-state index contributed by atoms with van der Waals surface area (Å²) in [5.74, 6) is 0. The van der Waals surface area contributed by atoms with Gasteiger partial charge in [-0.25, -0.2) is 0 Å². The molecular weight excluding hydrogens is 860 g/mol. The third-order valence-corrected chi connectivity index (χ3v) is 0. The summed E-state index contributed by atoms with van der Waals surface area (Å²) in [4.78, 5) is 0. The molecule has 0 heterocycles. The van der Waals surface area contributed by atoms with E-state index in [1.54, 1.807) is 39.4 Å². The van der Waals surface area contributed by atoms with Gasteiger partial charge < -0.3 is 0 Å². The van der Waals surface area contributed by atoms with E-state index in [2.05, 4.69) is 6.92 Å². The first-order valence-corrected chi connectivity index (χ1v) is 19.8. The molecule has 0 amide bonds. The third-order valence-electron chi connectivity index (χ3n) is 0. The summed E-state index contributed by atoms with van der Waals surface area (Å²) in [7, 11) is 0. The zero-order valence-corrected chi connectivity index (χ0v) is 17.2. The fraction of sp³-hybridized carbons (Fsp3) is 0.500. The molecule has 0 fully saturated rings. The summed E-state index contributed by atoms with van der Waals surface area (Å²) in [5, 5.41) is 0. The van der Waals surface area contributed by atoms with Gasteiger partial charge in [-0.1, -0.05) is 0 Å². The van der Waals surface area contributed by atoms with Gasteiger partial charge in [0.05, 0.1) is 0 Å². The molecule has 0 atom stereocenters. The summed E-state index contributed by atoms with van der Waals surface area (Å²) in [5.41, 5.74) is 0. The Morgan fingerprint density at radius 1 is 1.33 bits per heavy atom. The van der Waals surface area contributed by atoms with E-state index in [0.717, 1.165) is 0 Å². The number of rotatable bonds is 0. The van der Waals surface area contributed by atoms with Gasteiger partial charge in [0.15, 0.2) is 0 Å². The van der Waals surface area contributed by atoms with Crippen molar-refractivity contribution >= 4 is 88.4 Å². The molecule has 0 spiro atoms. The van der Waals surface area contributed by atoms with Crippen LogP contribution in [0.3, 0.4) is 0 Å². The van der Waals surface area contributed by atoms with Gasteiger partial charge >= 0.3 is 95.3 Å². The molecule has 0 unspecified atom stereocenters. The van der Waals surface area contributed by atoms with Gasteiger partial charge in [0.25, 0.3) is 0 Å². The van der Waals surface area contributed by atoms with Crippen LogP contribution in [0.5, 0.6) is 0 Å². The van der Waals surface area contributed by atoms with E-state index in [9.17, 15) is 0 Å². The molecule has 4 heteroatoms. The van der Waals surface area contributed by atoms with E-state index < -0.39 is 0 Å². The van der Waals surface area contributed by atoms with Gasteiger partial charge in [-0.15, -0.1) is 0 Å². The first-order chi connectivity index (χ1) is 2.73. The van der Waals surface area contributed by atoms with Crippen LogP contribution in [0.15, 0.2) is 0 Å². The summed E-state index contributed by atoms with van der Waals surface area (Å²) >= 11 is 6.07. The van der Waals surface area contributed by atoms with Crippen molar-refractivity contribution in [2.75, 3.05) is 0 Å². The molecule has 0 aliphatic carbocycles. The number of hydrogen-bond donors (Lipinski definition) is 0. The Balaban J connectivity index is 0. The summed E-state index contributed by atoms with van der Waals surface area (Å²) in [6.45, 7) is 2.18. The SMILES string of the molecule is C[C]([Bi])=[Bi].[Bi]=[Bi]. The molecule has 0 aliphatic heterocycles. The molecule has 0 bridgehead atoms. The Labute approximate surface area is 92.8 Å². The molecule has 0 nitrogen and oxygen atoms in total. The van der Waals surface area contributed by atoms with Crippen LogP contribution in [0.4, 0.5) is 0 Å². The van der Waals surface area contributed by atoms with Crippen LogP contribution in [0.25, 0.3) is 0 Å². The van der Waals surface area contributed by atoms with Gasteiger partial charge in [-0.3, -0.25) is 0 Å². The minimum atomic E-state index is 1.48. The standard InChI is InChI=1S/C2H3.4Bi/c1-2;;;;/h1H3;;;;. The minimum absolute atomic E-state index is 1.48. The van der Waals surface area contributed by atoms with Crippen LogP contribution < -0.4 is 0 Å². The second kappa shape index (κ2) is 11.2. The van der Waals surface area contributed by atoms with Gasteiger partial charge in [-0.2, -0.15) is 0 Å². The van der Waals surface area contributed by atoms with E-state index in [1.807, 2.05) is 0 Å². The first kappa shape index (κ1) is 12.1.